The van der Waals surface area contributed by atoms with E-state index in [2.05, 4.69) is 12.1 Å². The summed E-state index contributed by atoms with van der Waals surface area (Å²) >= 11 is 2.85. The first-order valence-corrected chi connectivity index (χ1v) is 9.69. The van der Waals surface area contributed by atoms with Crippen LogP contribution < -0.4 is 5.56 Å². The van der Waals surface area contributed by atoms with Crippen LogP contribution in [0.4, 0.5) is 0 Å². The first-order chi connectivity index (χ1) is 11.8. The zero-order chi connectivity index (χ0) is 18.3. The lowest BCUT2D eigenvalue weighted by atomic mass is 10.1. The number of thiophene rings is 1. The van der Waals surface area contributed by atoms with Gasteiger partial charge in [0.05, 0.1) is 22.4 Å². The van der Waals surface area contributed by atoms with Crippen LogP contribution in [0.15, 0.2) is 28.2 Å². The third-order valence-electron chi connectivity index (χ3n) is 4.23. The molecule has 0 N–H and O–H groups in total. The second kappa shape index (κ2) is 6.66. The highest BCUT2D eigenvalue weighted by atomic mass is 32.2. The van der Waals surface area contributed by atoms with E-state index >= 15 is 0 Å². The highest BCUT2D eigenvalue weighted by molar-refractivity contribution is 8.00. The predicted molar refractivity (Wildman–Crippen MR) is 105 cm³/mol. The average molecular weight is 370 g/mol. The molecule has 0 aliphatic carbocycles. The second-order valence-corrected chi connectivity index (χ2v) is 8.69. The summed E-state index contributed by atoms with van der Waals surface area (Å²) in [6.45, 7) is 9.81. The highest BCUT2D eigenvalue weighted by Crippen LogP contribution is 2.31. The molecule has 0 saturated heterocycles. The van der Waals surface area contributed by atoms with Gasteiger partial charge in [0.25, 0.3) is 5.56 Å². The largest absolute Gasteiger partial charge is 0.268 e. The summed E-state index contributed by atoms with van der Waals surface area (Å²) in [4.78, 5) is 19.9. The zero-order valence-electron chi connectivity index (χ0n) is 14.9. The maximum Gasteiger partial charge on any atom is 0.267 e. The van der Waals surface area contributed by atoms with E-state index in [4.69, 9.17) is 4.98 Å². The van der Waals surface area contributed by atoms with Crippen molar-refractivity contribution in [3.8, 4) is 11.8 Å². The molecule has 4 nitrogen and oxygen atoms in total. The summed E-state index contributed by atoms with van der Waals surface area (Å²) in [5.74, 6) is 0. The van der Waals surface area contributed by atoms with E-state index in [1.807, 2.05) is 46.8 Å². The first-order valence-electron chi connectivity index (χ1n) is 8.00. The minimum absolute atomic E-state index is 0.0635. The normalized spacial score (nSPS) is 12.3. The van der Waals surface area contributed by atoms with E-state index in [1.165, 1.54) is 23.1 Å². The first kappa shape index (κ1) is 17.7. The molecule has 0 aliphatic heterocycles. The molecular formula is C19H19N3OS2. The van der Waals surface area contributed by atoms with Gasteiger partial charge >= 0.3 is 0 Å². The molecule has 25 heavy (non-hydrogen) atoms. The Kier molecular flexibility index (Phi) is 4.72. The van der Waals surface area contributed by atoms with Crippen molar-refractivity contribution in [1.82, 2.24) is 9.55 Å². The van der Waals surface area contributed by atoms with Gasteiger partial charge in [-0.05, 0) is 51.8 Å². The molecule has 0 bridgehead atoms. The van der Waals surface area contributed by atoms with Crippen LogP contribution in [0.25, 0.3) is 15.9 Å². The summed E-state index contributed by atoms with van der Waals surface area (Å²) in [5.41, 5.74) is 3.90. The van der Waals surface area contributed by atoms with E-state index in [0.29, 0.717) is 10.5 Å². The summed E-state index contributed by atoms with van der Waals surface area (Å²) in [6.07, 6.45) is 0. The van der Waals surface area contributed by atoms with Crippen molar-refractivity contribution in [2.45, 2.75) is 45.0 Å². The number of fused-ring (bicyclic) bond motifs is 1. The molecule has 3 rings (SSSR count). The van der Waals surface area contributed by atoms with Crippen molar-refractivity contribution in [1.29, 1.82) is 5.26 Å². The quantitative estimate of drug-likeness (QED) is 0.497. The van der Waals surface area contributed by atoms with E-state index in [0.717, 1.165) is 32.1 Å². The fraction of sp³-hybridized carbons (Fsp3) is 0.316. The van der Waals surface area contributed by atoms with Gasteiger partial charge in [-0.25, -0.2) is 4.98 Å². The third-order valence-corrected chi connectivity index (χ3v) is 6.27. The summed E-state index contributed by atoms with van der Waals surface area (Å²) in [5, 5.41) is 10.2. The van der Waals surface area contributed by atoms with Crippen LogP contribution >= 0.6 is 23.1 Å². The predicted octanol–water partition coefficient (Wildman–Crippen LogP) is 4.69. The topological polar surface area (TPSA) is 58.7 Å². The Morgan fingerprint density at radius 2 is 2.00 bits per heavy atom. The van der Waals surface area contributed by atoms with Gasteiger partial charge in [-0.3, -0.25) is 9.36 Å². The molecule has 0 aliphatic rings. The lowest BCUT2D eigenvalue weighted by Gasteiger charge is -2.15. The number of aryl methyl sites for hydroxylation is 4. The molecule has 3 aromatic rings. The number of rotatable bonds is 3. The van der Waals surface area contributed by atoms with Gasteiger partial charge in [-0.2, -0.15) is 5.26 Å². The van der Waals surface area contributed by atoms with Gasteiger partial charge in [0.1, 0.15) is 4.83 Å². The zero-order valence-corrected chi connectivity index (χ0v) is 16.5. The Labute approximate surface area is 155 Å². The Bertz CT molecular complexity index is 1070. The molecule has 0 saturated carbocycles. The van der Waals surface area contributed by atoms with Crippen LogP contribution in [0.3, 0.4) is 0 Å². The van der Waals surface area contributed by atoms with Crippen LogP contribution in [0, 0.1) is 39.0 Å². The maximum atomic E-state index is 13.3. The summed E-state index contributed by atoms with van der Waals surface area (Å²) < 4.78 is 1.66. The van der Waals surface area contributed by atoms with Crippen molar-refractivity contribution < 1.29 is 0 Å². The van der Waals surface area contributed by atoms with E-state index < -0.39 is 0 Å². The van der Waals surface area contributed by atoms with Crippen molar-refractivity contribution in [3.05, 3.63) is 50.1 Å². The molecule has 128 valence electrons. The Morgan fingerprint density at radius 3 is 2.64 bits per heavy atom. The standard InChI is InChI=1S/C19H19N3OS2/c1-10-6-7-15(11(2)8-10)22-18(23)16-13(4)14(5)25-17(16)21-19(22)24-12(3)9-20/h6-8,12H,1-5H3. The van der Waals surface area contributed by atoms with Crippen LogP contribution in [-0.2, 0) is 0 Å². The SMILES string of the molecule is Cc1ccc(-n2c(SC(C)C#N)nc3sc(C)c(C)c3c2=O)c(C)c1. The van der Waals surface area contributed by atoms with E-state index in [-0.39, 0.29) is 10.8 Å². The van der Waals surface area contributed by atoms with Crippen molar-refractivity contribution >= 4 is 33.3 Å². The molecule has 2 aromatic heterocycles. The lowest BCUT2D eigenvalue weighted by Crippen LogP contribution is -2.23. The monoisotopic (exact) mass is 369 g/mol. The number of hydrogen-bond donors (Lipinski definition) is 0. The average Bonchev–Trinajstić information content (AvgIpc) is 2.83. The van der Waals surface area contributed by atoms with Gasteiger partial charge in [0, 0.05) is 4.88 Å². The fourth-order valence-corrected chi connectivity index (χ4v) is 4.68. The van der Waals surface area contributed by atoms with Gasteiger partial charge < -0.3 is 0 Å². The molecule has 0 amide bonds. The number of aromatic nitrogens is 2. The molecule has 1 atom stereocenters. The minimum atomic E-state index is -0.288. The highest BCUT2D eigenvalue weighted by Gasteiger charge is 2.20. The van der Waals surface area contributed by atoms with E-state index in [9.17, 15) is 10.1 Å². The summed E-state index contributed by atoms with van der Waals surface area (Å²) in [7, 11) is 0. The third kappa shape index (κ3) is 3.10. The van der Waals surface area contributed by atoms with Crippen molar-refractivity contribution in [2.75, 3.05) is 0 Å². The Morgan fingerprint density at radius 1 is 1.28 bits per heavy atom. The van der Waals surface area contributed by atoms with E-state index in [1.54, 1.807) is 4.57 Å². The number of hydrogen-bond acceptors (Lipinski definition) is 5. The van der Waals surface area contributed by atoms with Crippen LogP contribution in [0.1, 0.15) is 28.5 Å². The van der Waals surface area contributed by atoms with Gasteiger partial charge in [0.15, 0.2) is 5.16 Å². The maximum absolute atomic E-state index is 13.3. The number of nitriles is 1. The molecule has 0 radical (unpaired) electrons. The minimum Gasteiger partial charge on any atom is -0.268 e. The van der Waals surface area contributed by atoms with Crippen molar-refractivity contribution in [3.63, 3.8) is 0 Å². The molecule has 0 spiro atoms. The number of thioether (sulfide) groups is 1. The number of nitrogens with zero attached hydrogens (tertiary/aromatic N) is 3. The summed E-state index contributed by atoms with van der Waals surface area (Å²) in [6, 6.07) is 8.21. The molecule has 2 heterocycles. The molecular weight excluding hydrogens is 350 g/mol. The van der Waals surface area contributed by atoms with Crippen LogP contribution in [-0.4, -0.2) is 14.8 Å². The van der Waals surface area contributed by atoms with Crippen molar-refractivity contribution in [2.24, 2.45) is 0 Å². The fourth-order valence-electron chi connectivity index (χ4n) is 2.81. The molecule has 1 unspecified atom stereocenters. The van der Waals surface area contributed by atoms with Crippen LogP contribution in [0.2, 0.25) is 0 Å². The van der Waals surface area contributed by atoms with Gasteiger partial charge in [0.2, 0.25) is 0 Å². The van der Waals surface area contributed by atoms with Gasteiger partial charge in [-0.1, -0.05) is 29.5 Å². The number of benzene rings is 1. The second-order valence-electron chi connectivity index (χ2n) is 6.18. The molecule has 1 aromatic carbocycles. The van der Waals surface area contributed by atoms with Gasteiger partial charge in [-0.15, -0.1) is 11.3 Å². The van der Waals surface area contributed by atoms with Crippen LogP contribution in [0.5, 0.6) is 0 Å². The molecule has 0 fully saturated rings. The molecule has 6 heteroatoms. The lowest BCUT2D eigenvalue weighted by molar-refractivity contribution is 0.814. The smallest absolute Gasteiger partial charge is 0.267 e. The Balaban J connectivity index is 2.39. The Hall–Kier alpha value is -2.10.